The van der Waals surface area contributed by atoms with Crippen LogP contribution in [-0.4, -0.2) is 39.6 Å². The number of rotatable bonds is 2. The minimum absolute atomic E-state index is 0.393. The lowest BCUT2D eigenvalue weighted by atomic mass is 10.3. The number of hydrogen-bond donors (Lipinski definition) is 3. The Balaban J connectivity index is 2.70. The van der Waals surface area contributed by atoms with Gasteiger partial charge >= 0.3 is 18.4 Å². The first kappa shape index (κ1) is 14.1. The molecule has 0 atom stereocenters. The standard InChI is InChI=1S/C6H5F6N5O/c7-5(8,9)2(6(10,11)12)15-4(18)16-3-13-1-14-17-3/h1-2H,(H3,13,14,15,16,17,18). The van der Waals surface area contributed by atoms with Crippen LogP contribution >= 0.6 is 0 Å². The predicted molar refractivity (Wildman–Crippen MR) is 44.4 cm³/mol. The number of nitrogens with one attached hydrogen (secondary N) is 3. The zero-order chi connectivity index (χ0) is 14.0. The molecule has 0 aromatic carbocycles. The smallest absolute Gasteiger partial charge is 0.318 e. The molecule has 2 amide bonds. The Morgan fingerprint density at radius 2 is 1.78 bits per heavy atom. The molecule has 0 spiro atoms. The molecule has 102 valence electrons. The third-order valence-corrected chi connectivity index (χ3v) is 1.58. The monoisotopic (exact) mass is 277 g/mol. The lowest BCUT2D eigenvalue weighted by Gasteiger charge is -2.23. The van der Waals surface area contributed by atoms with E-state index in [1.807, 2.05) is 5.10 Å². The zero-order valence-electron chi connectivity index (χ0n) is 8.23. The highest BCUT2D eigenvalue weighted by molar-refractivity contribution is 5.87. The number of alkyl halides is 6. The SMILES string of the molecule is O=C(Nc1ncn[nH]1)NC(C(F)(F)F)C(F)(F)F. The van der Waals surface area contributed by atoms with E-state index >= 15 is 0 Å². The van der Waals surface area contributed by atoms with Crippen molar-refractivity contribution in [3.05, 3.63) is 6.33 Å². The summed E-state index contributed by atoms with van der Waals surface area (Å²) in [7, 11) is 0. The summed E-state index contributed by atoms with van der Waals surface area (Å²) in [6.45, 7) is 0. The summed E-state index contributed by atoms with van der Waals surface area (Å²) in [5.41, 5.74) is 0. The van der Waals surface area contributed by atoms with Crippen LogP contribution in [0.4, 0.5) is 37.1 Å². The average molecular weight is 277 g/mol. The van der Waals surface area contributed by atoms with E-state index in [1.165, 1.54) is 0 Å². The summed E-state index contributed by atoms with van der Waals surface area (Å²) < 4.78 is 72.3. The number of carbonyl (C=O) groups excluding carboxylic acids is 1. The third kappa shape index (κ3) is 3.78. The second-order valence-corrected chi connectivity index (χ2v) is 2.95. The van der Waals surface area contributed by atoms with Crippen LogP contribution in [0.1, 0.15) is 0 Å². The fourth-order valence-corrected chi connectivity index (χ4v) is 0.890. The molecule has 18 heavy (non-hydrogen) atoms. The number of anilines is 1. The van der Waals surface area contributed by atoms with Crippen molar-refractivity contribution >= 4 is 12.0 Å². The normalized spacial score (nSPS) is 12.6. The number of nitrogens with zero attached hydrogens (tertiary/aromatic N) is 2. The molecule has 1 heterocycles. The van der Waals surface area contributed by atoms with Crippen LogP contribution in [0.3, 0.4) is 0 Å². The lowest BCUT2D eigenvalue weighted by Crippen LogP contribution is -2.55. The molecule has 12 heteroatoms. The quantitative estimate of drug-likeness (QED) is 0.715. The van der Waals surface area contributed by atoms with Crippen LogP contribution < -0.4 is 10.6 Å². The molecule has 0 aliphatic heterocycles. The van der Waals surface area contributed by atoms with Crippen molar-refractivity contribution in [3.8, 4) is 0 Å². The van der Waals surface area contributed by atoms with Crippen molar-refractivity contribution in [2.45, 2.75) is 18.4 Å². The summed E-state index contributed by atoms with van der Waals surface area (Å²) in [5, 5.41) is 7.62. The number of aromatic amines is 1. The lowest BCUT2D eigenvalue weighted by molar-refractivity contribution is -0.255. The molecule has 0 saturated heterocycles. The first-order valence-electron chi connectivity index (χ1n) is 4.17. The molecule has 3 N–H and O–H groups in total. The average Bonchev–Trinajstić information content (AvgIpc) is 2.63. The number of aromatic nitrogens is 3. The molecular weight excluding hydrogens is 272 g/mol. The van der Waals surface area contributed by atoms with Crippen LogP contribution in [0.25, 0.3) is 0 Å². The second kappa shape index (κ2) is 4.70. The third-order valence-electron chi connectivity index (χ3n) is 1.58. The molecule has 0 radical (unpaired) electrons. The van der Waals surface area contributed by atoms with Gasteiger partial charge in [-0.25, -0.2) is 9.89 Å². The van der Waals surface area contributed by atoms with Gasteiger partial charge in [0.2, 0.25) is 12.0 Å². The Bertz CT molecular complexity index is 384. The summed E-state index contributed by atoms with van der Waals surface area (Å²) in [6, 6.07) is -5.68. The van der Waals surface area contributed by atoms with Crippen molar-refractivity contribution in [2.24, 2.45) is 0 Å². The van der Waals surface area contributed by atoms with Gasteiger partial charge in [-0.1, -0.05) is 0 Å². The van der Waals surface area contributed by atoms with Gasteiger partial charge in [0.1, 0.15) is 6.33 Å². The number of H-pyrrole nitrogens is 1. The zero-order valence-corrected chi connectivity index (χ0v) is 8.23. The maximum absolute atomic E-state index is 12.1. The summed E-state index contributed by atoms with van der Waals surface area (Å²) in [5.74, 6) is -0.393. The van der Waals surface area contributed by atoms with Crippen LogP contribution in [0.15, 0.2) is 6.33 Å². The van der Waals surface area contributed by atoms with Crippen molar-refractivity contribution in [1.29, 1.82) is 0 Å². The van der Waals surface area contributed by atoms with Gasteiger partial charge in [-0.2, -0.15) is 36.4 Å². The van der Waals surface area contributed by atoms with Crippen LogP contribution in [0, 0.1) is 0 Å². The number of carbonyl (C=O) groups is 1. The molecule has 0 aliphatic carbocycles. The van der Waals surface area contributed by atoms with Gasteiger partial charge in [0, 0.05) is 0 Å². The minimum atomic E-state index is -5.66. The molecule has 1 rings (SSSR count). The summed E-state index contributed by atoms with van der Waals surface area (Å²) >= 11 is 0. The molecule has 0 unspecified atom stereocenters. The largest absolute Gasteiger partial charge is 0.417 e. The van der Waals surface area contributed by atoms with Crippen LogP contribution in [0.2, 0.25) is 0 Å². The highest BCUT2D eigenvalue weighted by Gasteiger charge is 2.57. The number of hydrogen-bond acceptors (Lipinski definition) is 3. The van der Waals surface area contributed by atoms with Gasteiger partial charge in [-0.15, -0.1) is 0 Å². The van der Waals surface area contributed by atoms with E-state index in [-0.39, 0.29) is 0 Å². The Morgan fingerprint density at radius 1 is 1.22 bits per heavy atom. The van der Waals surface area contributed by atoms with E-state index in [2.05, 4.69) is 10.1 Å². The van der Waals surface area contributed by atoms with E-state index in [9.17, 15) is 31.1 Å². The van der Waals surface area contributed by atoms with Crippen molar-refractivity contribution < 1.29 is 31.1 Å². The Kier molecular flexibility index (Phi) is 3.67. The summed E-state index contributed by atoms with van der Waals surface area (Å²) in [4.78, 5) is 14.2. The van der Waals surface area contributed by atoms with Crippen molar-refractivity contribution in [3.63, 3.8) is 0 Å². The van der Waals surface area contributed by atoms with Gasteiger partial charge in [0.15, 0.2) is 0 Å². The number of halogens is 6. The second-order valence-electron chi connectivity index (χ2n) is 2.95. The Morgan fingerprint density at radius 3 is 2.17 bits per heavy atom. The number of urea groups is 1. The Hall–Kier alpha value is -2.01. The van der Waals surface area contributed by atoms with Gasteiger partial charge in [0.05, 0.1) is 0 Å². The first-order valence-corrected chi connectivity index (χ1v) is 4.17. The van der Waals surface area contributed by atoms with Crippen LogP contribution in [0.5, 0.6) is 0 Å². The maximum atomic E-state index is 12.1. The predicted octanol–water partition coefficient (Wildman–Crippen LogP) is 1.42. The fraction of sp³-hybridized carbons (Fsp3) is 0.500. The topological polar surface area (TPSA) is 82.7 Å². The van der Waals surface area contributed by atoms with E-state index < -0.39 is 30.4 Å². The highest BCUT2D eigenvalue weighted by Crippen LogP contribution is 2.33. The molecule has 1 aromatic rings. The molecule has 0 bridgehead atoms. The fourth-order valence-electron chi connectivity index (χ4n) is 0.890. The summed E-state index contributed by atoms with van der Waals surface area (Å²) in [6.07, 6.45) is -10.4. The van der Waals surface area contributed by atoms with E-state index in [0.29, 0.717) is 0 Å². The number of amides is 2. The molecule has 0 fully saturated rings. The van der Waals surface area contributed by atoms with E-state index in [4.69, 9.17) is 0 Å². The van der Waals surface area contributed by atoms with Gasteiger partial charge in [0.25, 0.3) is 0 Å². The van der Waals surface area contributed by atoms with Crippen molar-refractivity contribution in [2.75, 3.05) is 5.32 Å². The maximum Gasteiger partial charge on any atom is 0.417 e. The highest BCUT2D eigenvalue weighted by atomic mass is 19.4. The van der Waals surface area contributed by atoms with Gasteiger partial charge in [-0.05, 0) is 0 Å². The minimum Gasteiger partial charge on any atom is -0.318 e. The van der Waals surface area contributed by atoms with E-state index in [0.717, 1.165) is 11.6 Å². The van der Waals surface area contributed by atoms with Crippen LogP contribution in [-0.2, 0) is 0 Å². The first-order chi connectivity index (χ1) is 8.10. The van der Waals surface area contributed by atoms with Gasteiger partial charge < -0.3 is 5.32 Å². The molecule has 0 aliphatic rings. The Labute approximate surface area is 94.8 Å². The van der Waals surface area contributed by atoms with E-state index in [1.54, 1.807) is 5.32 Å². The molecule has 0 saturated carbocycles. The van der Waals surface area contributed by atoms with Gasteiger partial charge in [-0.3, -0.25) is 5.32 Å². The molecule has 6 nitrogen and oxygen atoms in total. The van der Waals surface area contributed by atoms with Crippen molar-refractivity contribution in [1.82, 2.24) is 20.5 Å². The molecule has 1 aromatic heterocycles. The molecular formula is C6H5F6N5O.